The van der Waals surface area contributed by atoms with Gasteiger partial charge in [0.25, 0.3) is 11.6 Å². The van der Waals surface area contributed by atoms with E-state index < -0.39 is 36.8 Å². The Kier molecular flexibility index (Phi) is 5.59. The van der Waals surface area contributed by atoms with Gasteiger partial charge in [0.2, 0.25) is 9.84 Å². The summed E-state index contributed by atoms with van der Waals surface area (Å²) in [6, 6.07) is 15.6. The quantitative estimate of drug-likeness (QED) is 0.311. The summed E-state index contributed by atoms with van der Waals surface area (Å²) < 4.78 is 40.6. The highest BCUT2D eigenvalue weighted by Gasteiger charge is 2.50. The van der Waals surface area contributed by atoms with Gasteiger partial charge in [-0.15, -0.1) is 0 Å². The number of non-ortho nitro benzene ring substituents is 1. The number of nitro benzene ring substituents is 1. The van der Waals surface area contributed by atoms with Crippen molar-refractivity contribution in [2.24, 2.45) is 0 Å². The highest BCUT2D eigenvalue weighted by atomic mass is 32.2. The van der Waals surface area contributed by atoms with Gasteiger partial charge in [0, 0.05) is 17.8 Å². The highest BCUT2D eigenvalue weighted by molar-refractivity contribution is 7.97. The van der Waals surface area contributed by atoms with Gasteiger partial charge in [-0.3, -0.25) is 19.8 Å². The minimum Gasteiger partial charge on any atom is -0.286 e. The molecule has 1 amide bonds. The van der Waals surface area contributed by atoms with Crippen molar-refractivity contribution in [2.75, 3.05) is 4.90 Å². The predicted octanol–water partition coefficient (Wildman–Crippen LogP) is 4.85. The van der Waals surface area contributed by atoms with Crippen LogP contribution in [0.3, 0.4) is 0 Å². The van der Waals surface area contributed by atoms with Crippen LogP contribution in [0.2, 0.25) is 0 Å². The maximum Gasteiger partial charge on any atom is 0.271 e. The van der Waals surface area contributed by atoms with Crippen molar-refractivity contribution in [1.82, 2.24) is 0 Å². The first-order chi connectivity index (χ1) is 15.6. The molecule has 0 aliphatic carbocycles. The van der Waals surface area contributed by atoms with Gasteiger partial charge in [-0.25, -0.2) is 12.8 Å². The first-order valence-corrected chi connectivity index (χ1v) is 11.5. The lowest BCUT2D eigenvalue weighted by molar-refractivity contribution is -0.384. The Labute approximate surface area is 189 Å². The topological polar surface area (TPSA) is 97.6 Å². The fourth-order valence-corrected chi connectivity index (χ4v) is 5.81. The predicted molar refractivity (Wildman–Crippen MR) is 123 cm³/mol. The van der Waals surface area contributed by atoms with E-state index in [-0.39, 0.29) is 11.3 Å². The molecule has 1 fully saturated rings. The molecule has 1 atom stereocenters. The highest BCUT2D eigenvalue weighted by Crippen LogP contribution is 2.44. The molecule has 0 aromatic heterocycles. The van der Waals surface area contributed by atoms with Crippen LogP contribution in [0.5, 0.6) is 0 Å². The molecule has 0 radical (unpaired) electrons. The Morgan fingerprint density at radius 1 is 1.00 bits per heavy atom. The first-order valence-electron chi connectivity index (χ1n) is 9.95. The number of nitro groups is 1. The van der Waals surface area contributed by atoms with Gasteiger partial charge in [0.05, 0.1) is 4.92 Å². The largest absolute Gasteiger partial charge is 0.286 e. The van der Waals surface area contributed by atoms with Crippen LogP contribution >= 0.6 is 0 Å². The van der Waals surface area contributed by atoms with E-state index in [4.69, 9.17) is 0 Å². The summed E-state index contributed by atoms with van der Waals surface area (Å²) in [7, 11) is -4.28. The zero-order valence-electron chi connectivity index (χ0n) is 17.7. The van der Waals surface area contributed by atoms with Crippen LogP contribution in [0, 0.1) is 29.8 Å². The molecule has 1 saturated heterocycles. The first kappa shape index (κ1) is 22.3. The van der Waals surface area contributed by atoms with Crippen molar-refractivity contribution in [1.29, 1.82) is 0 Å². The van der Waals surface area contributed by atoms with Gasteiger partial charge in [-0.2, -0.15) is 0 Å². The lowest BCUT2D eigenvalue weighted by atomic mass is 10.1. The van der Waals surface area contributed by atoms with Crippen molar-refractivity contribution in [3.8, 4) is 0 Å². The second kappa shape index (κ2) is 8.25. The van der Waals surface area contributed by atoms with Crippen molar-refractivity contribution in [3.63, 3.8) is 0 Å². The molecule has 0 N–H and O–H groups in total. The summed E-state index contributed by atoms with van der Waals surface area (Å²) in [5, 5.41) is 9.81. The number of hydrogen-bond acceptors (Lipinski definition) is 5. The van der Waals surface area contributed by atoms with Crippen molar-refractivity contribution >= 4 is 33.2 Å². The summed E-state index contributed by atoms with van der Waals surface area (Å²) in [5.41, 5.74) is 2.15. The second-order valence-electron chi connectivity index (χ2n) is 7.83. The number of anilines is 1. The van der Waals surface area contributed by atoms with E-state index in [1.165, 1.54) is 36.4 Å². The number of benzene rings is 3. The zero-order valence-corrected chi connectivity index (χ0v) is 18.5. The summed E-state index contributed by atoms with van der Waals surface area (Å²) in [5.74, 6) is -1.26. The Morgan fingerprint density at radius 3 is 2.24 bits per heavy atom. The van der Waals surface area contributed by atoms with E-state index in [2.05, 4.69) is 0 Å². The minimum atomic E-state index is -4.28. The van der Waals surface area contributed by atoms with E-state index in [0.29, 0.717) is 11.3 Å². The number of nitrogens with zero attached hydrogens (tertiary/aromatic N) is 2. The maximum absolute atomic E-state index is 13.6. The third-order valence-electron chi connectivity index (χ3n) is 5.28. The lowest BCUT2D eigenvalue weighted by Crippen LogP contribution is -2.29. The molecule has 1 heterocycles. The van der Waals surface area contributed by atoms with Crippen molar-refractivity contribution in [3.05, 3.63) is 110 Å². The normalized spacial score (nSPS) is 18.6. The Morgan fingerprint density at radius 2 is 1.64 bits per heavy atom. The molecule has 7 nitrogen and oxygen atoms in total. The van der Waals surface area contributed by atoms with Crippen LogP contribution in [0.4, 0.5) is 15.8 Å². The lowest BCUT2D eigenvalue weighted by Gasteiger charge is -2.24. The summed E-state index contributed by atoms with van der Waals surface area (Å²) in [6.45, 7) is 3.65. The van der Waals surface area contributed by atoms with Crippen molar-refractivity contribution in [2.45, 2.75) is 19.2 Å². The number of carbonyl (C=O) groups is 1. The average molecular weight is 466 g/mol. The second-order valence-corrected chi connectivity index (χ2v) is 9.81. The molecule has 0 bridgehead atoms. The molecule has 0 saturated carbocycles. The van der Waals surface area contributed by atoms with E-state index >= 15 is 0 Å². The summed E-state index contributed by atoms with van der Waals surface area (Å²) in [6.07, 6.45) is 1.20. The van der Waals surface area contributed by atoms with Crippen molar-refractivity contribution < 1.29 is 22.5 Å². The Bertz CT molecular complexity index is 1390. The van der Waals surface area contributed by atoms with Crippen LogP contribution in [-0.4, -0.2) is 19.2 Å². The standard InChI is InChI=1S/C24H19FN2O5S/c1-15-10-16(2)12-21(11-15)26-23(28)22(13-17-6-8-19(25)9-7-17)33(31,32)24(26)18-4-3-5-20(14-18)27(29)30/h3-14,24H,1-2H3/b22-13-/t24-/m0/s1. The number of halogens is 1. The van der Waals surface area contributed by atoms with Gasteiger partial charge in [0.15, 0.2) is 5.37 Å². The van der Waals surface area contributed by atoms with E-state index in [1.807, 2.05) is 19.9 Å². The number of rotatable bonds is 4. The molecule has 3 aromatic rings. The molecular formula is C24H19FN2O5S. The van der Waals surface area contributed by atoms with Gasteiger partial charge in [-0.1, -0.05) is 30.3 Å². The third-order valence-corrected chi connectivity index (χ3v) is 7.26. The summed E-state index contributed by atoms with van der Waals surface area (Å²) >= 11 is 0. The monoisotopic (exact) mass is 466 g/mol. The summed E-state index contributed by atoms with van der Waals surface area (Å²) in [4.78, 5) is 24.8. The van der Waals surface area contributed by atoms with Gasteiger partial charge in [0.1, 0.15) is 10.7 Å². The van der Waals surface area contributed by atoms with Gasteiger partial charge < -0.3 is 0 Å². The SMILES string of the molecule is Cc1cc(C)cc(N2C(=O)/C(=C/c3ccc(F)cc3)S(=O)(=O)[C@H]2c2cccc([N+](=O)[O-])c2)c1. The number of aryl methyl sites for hydroxylation is 2. The zero-order chi connectivity index (χ0) is 23.9. The molecule has 1 aliphatic rings. The van der Waals surface area contributed by atoms with Gasteiger partial charge >= 0.3 is 0 Å². The molecule has 3 aromatic carbocycles. The molecule has 33 heavy (non-hydrogen) atoms. The molecule has 1 aliphatic heterocycles. The minimum absolute atomic E-state index is 0.0965. The molecule has 0 spiro atoms. The maximum atomic E-state index is 13.6. The fraction of sp³-hybridized carbons (Fsp3) is 0.125. The van der Waals surface area contributed by atoms with Crippen LogP contribution in [-0.2, 0) is 14.6 Å². The molecule has 9 heteroatoms. The smallest absolute Gasteiger partial charge is 0.271 e. The molecule has 0 unspecified atom stereocenters. The molecule has 4 rings (SSSR count). The molecule has 168 valence electrons. The van der Waals surface area contributed by atoms with Crippen LogP contribution < -0.4 is 4.90 Å². The van der Waals surface area contributed by atoms with Crippen LogP contribution in [0.15, 0.2) is 71.6 Å². The number of amides is 1. The van der Waals surface area contributed by atoms with Crippen LogP contribution in [0.25, 0.3) is 6.08 Å². The number of sulfone groups is 1. The fourth-order valence-electron chi connectivity index (χ4n) is 3.92. The average Bonchev–Trinajstić information content (AvgIpc) is 2.94. The Hall–Kier alpha value is -3.85. The van der Waals surface area contributed by atoms with E-state index in [0.717, 1.165) is 34.2 Å². The van der Waals surface area contributed by atoms with Crippen LogP contribution in [0.1, 0.15) is 27.6 Å². The Balaban J connectivity index is 1.95. The van der Waals surface area contributed by atoms with E-state index in [9.17, 15) is 27.7 Å². The number of carbonyl (C=O) groups excluding carboxylic acids is 1. The van der Waals surface area contributed by atoms with Gasteiger partial charge in [-0.05, 0) is 66.4 Å². The molecular weight excluding hydrogens is 447 g/mol. The third kappa shape index (κ3) is 4.14. The van der Waals surface area contributed by atoms with E-state index in [1.54, 1.807) is 12.1 Å². The number of hydrogen-bond donors (Lipinski definition) is 0.